The first kappa shape index (κ1) is 10.4. The first-order chi connectivity index (χ1) is 6.43. The van der Waals surface area contributed by atoms with Crippen LogP contribution in [0, 0.1) is 0 Å². The van der Waals surface area contributed by atoms with Gasteiger partial charge in [0.25, 0.3) is 0 Å². The fourth-order valence-electron chi connectivity index (χ4n) is 1.52. The molecule has 0 spiro atoms. The van der Waals surface area contributed by atoms with Crippen LogP contribution in [0.4, 0.5) is 11.4 Å². The maximum atomic E-state index is 10.9. The normalized spacial score (nSPS) is 10.5. The second-order valence-corrected chi connectivity index (χ2v) is 3.53. The molecule has 4 nitrogen and oxygen atoms in total. The molecule has 0 amide bonds. The summed E-state index contributed by atoms with van der Waals surface area (Å²) in [4.78, 5) is 10.9. The average Bonchev–Trinajstić information content (AvgIpc) is 2.01. The van der Waals surface area contributed by atoms with E-state index in [0.717, 1.165) is 0 Å². The van der Waals surface area contributed by atoms with Gasteiger partial charge in [0.1, 0.15) is 0 Å². The van der Waals surface area contributed by atoms with Gasteiger partial charge in [-0.15, -0.1) is 0 Å². The topological polar surface area (TPSA) is 89.3 Å². The summed E-state index contributed by atoms with van der Waals surface area (Å²) in [6.07, 6.45) is 0. The van der Waals surface area contributed by atoms with Crippen molar-refractivity contribution in [2.24, 2.45) is 0 Å². The third-order valence-electron chi connectivity index (χ3n) is 2.04. The highest BCUT2D eigenvalue weighted by atomic mass is 16.4. The van der Waals surface area contributed by atoms with Gasteiger partial charge in [-0.05, 0) is 23.6 Å². The predicted molar refractivity (Wildman–Crippen MR) is 56.3 cm³/mol. The standard InChI is InChI=1S/C10H14N2O2/c1-5(2)9-7(10(13)14)3-6(11)4-8(9)12/h3-5H,11-12H2,1-2H3,(H,13,14). The van der Waals surface area contributed by atoms with Crippen LogP contribution in [0.15, 0.2) is 12.1 Å². The number of benzene rings is 1. The average molecular weight is 194 g/mol. The van der Waals surface area contributed by atoms with Crippen LogP contribution >= 0.6 is 0 Å². The van der Waals surface area contributed by atoms with Gasteiger partial charge in [0.15, 0.2) is 0 Å². The van der Waals surface area contributed by atoms with Gasteiger partial charge in [0, 0.05) is 11.4 Å². The van der Waals surface area contributed by atoms with E-state index in [4.69, 9.17) is 16.6 Å². The molecule has 14 heavy (non-hydrogen) atoms. The van der Waals surface area contributed by atoms with Gasteiger partial charge < -0.3 is 16.6 Å². The molecule has 4 heteroatoms. The zero-order valence-electron chi connectivity index (χ0n) is 8.24. The summed E-state index contributed by atoms with van der Waals surface area (Å²) in [6.45, 7) is 3.79. The van der Waals surface area contributed by atoms with Crippen LogP contribution in [-0.2, 0) is 0 Å². The molecule has 0 radical (unpaired) electrons. The molecule has 1 rings (SSSR count). The van der Waals surface area contributed by atoms with Crippen molar-refractivity contribution >= 4 is 17.3 Å². The minimum absolute atomic E-state index is 0.0710. The molecule has 1 aromatic carbocycles. The molecule has 5 N–H and O–H groups in total. The maximum Gasteiger partial charge on any atom is 0.336 e. The molecule has 0 saturated heterocycles. The second-order valence-electron chi connectivity index (χ2n) is 3.53. The van der Waals surface area contributed by atoms with Crippen LogP contribution in [0.25, 0.3) is 0 Å². The zero-order chi connectivity index (χ0) is 10.9. The number of rotatable bonds is 2. The fourth-order valence-corrected chi connectivity index (χ4v) is 1.52. The van der Waals surface area contributed by atoms with E-state index in [2.05, 4.69) is 0 Å². The number of anilines is 2. The zero-order valence-corrected chi connectivity index (χ0v) is 8.24. The van der Waals surface area contributed by atoms with Crippen LogP contribution in [0.2, 0.25) is 0 Å². The van der Waals surface area contributed by atoms with Crippen molar-refractivity contribution in [1.82, 2.24) is 0 Å². The molecule has 0 unspecified atom stereocenters. The Hall–Kier alpha value is -1.71. The maximum absolute atomic E-state index is 10.9. The third-order valence-corrected chi connectivity index (χ3v) is 2.04. The Labute approximate surface area is 82.5 Å². The Morgan fingerprint density at radius 3 is 2.36 bits per heavy atom. The Balaban J connectivity index is 3.44. The number of nitrogen functional groups attached to an aromatic ring is 2. The number of nitrogens with two attached hydrogens (primary N) is 2. The highest BCUT2D eigenvalue weighted by molar-refractivity contribution is 5.93. The van der Waals surface area contributed by atoms with E-state index in [1.165, 1.54) is 6.07 Å². The van der Waals surface area contributed by atoms with Crippen molar-refractivity contribution in [3.8, 4) is 0 Å². The van der Waals surface area contributed by atoms with E-state index in [-0.39, 0.29) is 11.5 Å². The lowest BCUT2D eigenvalue weighted by Crippen LogP contribution is -2.08. The minimum Gasteiger partial charge on any atom is -0.478 e. The molecular weight excluding hydrogens is 180 g/mol. The van der Waals surface area contributed by atoms with Crippen LogP contribution in [0.1, 0.15) is 35.7 Å². The molecule has 0 fully saturated rings. The van der Waals surface area contributed by atoms with Crippen LogP contribution in [0.3, 0.4) is 0 Å². The summed E-state index contributed by atoms with van der Waals surface area (Å²) in [5.74, 6) is -0.922. The van der Waals surface area contributed by atoms with Gasteiger partial charge in [-0.2, -0.15) is 0 Å². The molecule has 76 valence electrons. The molecule has 0 aromatic heterocycles. The summed E-state index contributed by atoms with van der Waals surface area (Å²) < 4.78 is 0. The fraction of sp³-hybridized carbons (Fsp3) is 0.300. The summed E-state index contributed by atoms with van der Waals surface area (Å²) in [7, 11) is 0. The summed E-state index contributed by atoms with van der Waals surface area (Å²) in [6, 6.07) is 3.02. The number of hydrogen-bond donors (Lipinski definition) is 3. The van der Waals surface area contributed by atoms with Crippen molar-refractivity contribution in [3.63, 3.8) is 0 Å². The number of carbonyl (C=O) groups is 1. The molecular formula is C10H14N2O2. The van der Waals surface area contributed by atoms with E-state index in [9.17, 15) is 4.79 Å². The molecule has 1 aromatic rings. The lowest BCUT2D eigenvalue weighted by molar-refractivity contribution is 0.0695. The summed E-state index contributed by atoms with van der Waals surface area (Å²) >= 11 is 0. The molecule has 0 bridgehead atoms. The largest absolute Gasteiger partial charge is 0.478 e. The van der Waals surface area contributed by atoms with Gasteiger partial charge in [0.2, 0.25) is 0 Å². The second kappa shape index (κ2) is 3.57. The number of hydrogen-bond acceptors (Lipinski definition) is 3. The SMILES string of the molecule is CC(C)c1c(N)cc(N)cc1C(=O)O. The van der Waals surface area contributed by atoms with Crippen molar-refractivity contribution in [2.45, 2.75) is 19.8 Å². The minimum atomic E-state index is -0.993. The highest BCUT2D eigenvalue weighted by Crippen LogP contribution is 2.28. The Morgan fingerprint density at radius 1 is 1.36 bits per heavy atom. The Kier molecular flexibility index (Phi) is 2.65. The lowest BCUT2D eigenvalue weighted by atomic mass is 9.95. The van der Waals surface area contributed by atoms with E-state index in [1.807, 2.05) is 13.8 Å². The van der Waals surface area contributed by atoms with E-state index >= 15 is 0 Å². The Morgan fingerprint density at radius 2 is 1.93 bits per heavy atom. The number of carboxylic acids is 1. The lowest BCUT2D eigenvalue weighted by Gasteiger charge is -2.13. The van der Waals surface area contributed by atoms with Gasteiger partial charge in [-0.25, -0.2) is 4.79 Å². The quantitative estimate of drug-likeness (QED) is 0.625. The predicted octanol–water partition coefficient (Wildman–Crippen LogP) is 1.67. The molecule has 0 aliphatic rings. The summed E-state index contributed by atoms with van der Waals surface area (Å²) in [5.41, 5.74) is 12.9. The van der Waals surface area contributed by atoms with Crippen molar-refractivity contribution in [1.29, 1.82) is 0 Å². The first-order valence-electron chi connectivity index (χ1n) is 4.35. The molecule has 0 aliphatic heterocycles. The van der Waals surface area contributed by atoms with Crippen molar-refractivity contribution < 1.29 is 9.90 Å². The van der Waals surface area contributed by atoms with Crippen molar-refractivity contribution in [2.75, 3.05) is 11.5 Å². The smallest absolute Gasteiger partial charge is 0.336 e. The van der Waals surface area contributed by atoms with E-state index in [0.29, 0.717) is 16.9 Å². The molecule has 0 atom stereocenters. The van der Waals surface area contributed by atoms with Gasteiger partial charge in [-0.3, -0.25) is 0 Å². The van der Waals surface area contributed by atoms with Crippen LogP contribution in [0.5, 0.6) is 0 Å². The van der Waals surface area contributed by atoms with Gasteiger partial charge in [-0.1, -0.05) is 13.8 Å². The molecule has 0 saturated carbocycles. The number of aromatic carboxylic acids is 1. The van der Waals surface area contributed by atoms with E-state index < -0.39 is 5.97 Å². The monoisotopic (exact) mass is 194 g/mol. The number of carboxylic acid groups (broad SMARTS) is 1. The van der Waals surface area contributed by atoms with Gasteiger partial charge >= 0.3 is 5.97 Å². The van der Waals surface area contributed by atoms with E-state index in [1.54, 1.807) is 6.07 Å². The third kappa shape index (κ3) is 1.79. The van der Waals surface area contributed by atoms with Crippen LogP contribution in [-0.4, -0.2) is 11.1 Å². The van der Waals surface area contributed by atoms with Gasteiger partial charge in [0.05, 0.1) is 5.56 Å². The molecule has 0 aliphatic carbocycles. The van der Waals surface area contributed by atoms with Crippen LogP contribution < -0.4 is 11.5 Å². The Bertz CT molecular complexity index is 373. The molecule has 0 heterocycles. The van der Waals surface area contributed by atoms with Crippen molar-refractivity contribution in [3.05, 3.63) is 23.3 Å². The highest BCUT2D eigenvalue weighted by Gasteiger charge is 2.16. The first-order valence-corrected chi connectivity index (χ1v) is 4.35. The summed E-state index contributed by atoms with van der Waals surface area (Å²) in [5, 5.41) is 8.95.